The van der Waals surface area contributed by atoms with Gasteiger partial charge in [-0.15, -0.1) is 11.3 Å². The van der Waals surface area contributed by atoms with Crippen LogP contribution in [-0.2, 0) is 0 Å². The van der Waals surface area contributed by atoms with Gasteiger partial charge in [0.25, 0.3) is 0 Å². The molecule has 0 radical (unpaired) electrons. The van der Waals surface area contributed by atoms with E-state index in [9.17, 15) is 0 Å². The van der Waals surface area contributed by atoms with Crippen molar-refractivity contribution in [1.82, 2.24) is 10.3 Å². The molecular formula is C14H18N2S. The molecule has 0 amide bonds. The van der Waals surface area contributed by atoms with Crippen molar-refractivity contribution in [2.75, 3.05) is 6.54 Å². The van der Waals surface area contributed by atoms with E-state index >= 15 is 0 Å². The van der Waals surface area contributed by atoms with Crippen LogP contribution in [0.5, 0.6) is 0 Å². The summed E-state index contributed by atoms with van der Waals surface area (Å²) in [5, 5.41) is 4.87. The quantitative estimate of drug-likeness (QED) is 0.830. The third-order valence-corrected chi connectivity index (χ3v) is 4.70. The first-order valence-corrected chi connectivity index (χ1v) is 7.16. The number of thiazole rings is 1. The Balaban J connectivity index is 1.99. The molecule has 0 aliphatic carbocycles. The monoisotopic (exact) mass is 246 g/mol. The minimum absolute atomic E-state index is 0.460. The summed E-state index contributed by atoms with van der Waals surface area (Å²) >= 11 is 1.85. The maximum Gasteiger partial charge on any atom is 0.111 e. The minimum atomic E-state index is 0.460. The van der Waals surface area contributed by atoms with E-state index in [0.717, 1.165) is 12.1 Å². The average molecular weight is 246 g/mol. The number of aromatic nitrogens is 1. The van der Waals surface area contributed by atoms with Gasteiger partial charge < -0.3 is 5.32 Å². The highest BCUT2D eigenvalue weighted by atomic mass is 32.1. The fraction of sp³-hybridized carbons (Fsp3) is 0.500. The Hall–Kier alpha value is -0.930. The molecule has 1 saturated heterocycles. The van der Waals surface area contributed by atoms with E-state index < -0.39 is 0 Å². The van der Waals surface area contributed by atoms with Gasteiger partial charge in [0.05, 0.1) is 16.3 Å². The lowest BCUT2D eigenvalue weighted by Crippen LogP contribution is -2.32. The van der Waals surface area contributed by atoms with E-state index in [2.05, 4.69) is 37.4 Å². The lowest BCUT2D eigenvalue weighted by molar-refractivity contribution is 0.305. The molecule has 2 nitrogen and oxygen atoms in total. The van der Waals surface area contributed by atoms with Crippen LogP contribution in [0.1, 0.15) is 36.4 Å². The largest absolute Gasteiger partial charge is 0.308 e. The van der Waals surface area contributed by atoms with Gasteiger partial charge in [-0.25, -0.2) is 4.98 Å². The van der Waals surface area contributed by atoms with Gasteiger partial charge in [0.15, 0.2) is 0 Å². The Kier molecular flexibility index (Phi) is 2.89. The van der Waals surface area contributed by atoms with Crippen molar-refractivity contribution < 1.29 is 0 Å². The van der Waals surface area contributed by atoms with E-state index in [1.807, 2.05) is 11.3 Å². The fourth-order valence-electron chi connectivity index (χ4n) is 2.56. The van der Waals surface area contributed by atoms with Crippen LogP contribution in [0, 0.1) is 12.8 Å². The summed E-state index contributed by atoms with van der Waals surface area (Å²) in [6, 6.07) is 6.98. The molecule has 3 rings (SSSR count). The van der Waals surface area contributed by atoms with E-state index in [4.69, 9.17) is 4.98 Å². The first-order chi connectivity index (χ1) is 8.24. The first-order valence-electron chi connectivity index (χ1n) is 6.34. The van der Waals surface area contributed by atoms with Gasteiger partial charge in [0, 0.05) is 0 Å². The number of hydrogen-bond acceptors (Lipinski definition) is 3. The number of rotatable bonds is 1. The second-order valence-corrected chi connectivity index (χ2v) is 6.14. The SMILES string of the molecule is Cc1ccc2nc(C3NCCCC3C)sc2c1. The minimum Gasteiger partial charge on any atom is -0.308 e. The van der Waals surface area contributed by atoms with E-state index in [0.29, 0.717) is 12.0 Å². The predicted molar refractivity (Wildman–Crippen MR) is 73.5 cm³/mol. The van der Waals surface area contributed by atoms with Crippen molar-refractivity contribution in [2.45, 2.75) is 32.7 Å². The van der Waals surface area contributed by atoms with Crippen LogP contribution < -0.4 is 5.32 Å². The molecule has 1 N–H and O–H groups in total. The van der Waals surface area contributed by atoms with Crippen molar-refractivity contribution in [2.24, 2.45) is 5.92 Å². The van der Waals surface area contributed by atoms with Crippen LogP contribution in [0.2, 0.25) is 0 Å². The van der Waals surface area contributed by atoms with Crippen LogP contribution in [0.25, 0.3) is 10.2 Å². The van der Waals surface area contributed by atoms with Gasteiger partial charge in [-0.3, -0.25) is 0 Å². The fourth-order valence-corrected chi connectivity index (χ4v) is 3.84. The van der Waals surface area contributed by atoms with Gasteiger partial charge in [0.2, 0.25) is 0 Å². The normalized spacial score (nSPS) is 25.3. The Bertz CT molecular complexity index is 532. The summed E-state index contributed by atoms with van der Waals surface area (Å²) in [5.41, 5.74) is 2.47. The van der Waals surface area contributed by atoms with E-state index in [-0.39, 0.29) is 0 Å². The Morgan fingerprint density at radius 1 is 1.41 bits per heavy atom. The molecule has 2 heterocycles. The Morgan fingerprint density at radius 2 is 2.29 bits per heavy atom. The molecule has 3 heteroatoms. The highest BCUT2D eigenvalue weighted by Gasteiger charge is 2.25. The number of nitrogens with zero attached hydrogens (tertiary/aromatic N) is 1. The highest BCUT2D eigenvalue weighted by molar-refractivity contribution is 7.18. The van der Waals surface area contributed by atoms with Crippen LogP contribution in [0.15, 0.2) is 18.2 Å². The van der Waals surface area contributed by atoms with Crippen molar-refractivity contribution in [3.63, 3.8) is 0 Å². The summed E-state index contributed by atoms with van der Waals surface area (Å²) in [4.78, 5) is 4.78. The molecule has 0 saturated carbocycles. The highest BCUT2D eigenvalue weighted by Crippen LogP contribution is 2.34. The van der Waals surface area contributed by atoms with Crippen LogP contribution in [-0.4, -0.2) is 11.5 Å². The molecular weight excluding hydrogens is 228 g/mol. The molecule has 17 heavy (non-hydrogen) atoms. The molecule has 2 aromatic rings. The number of aryl methyl sites for hydroxylation is 1. The molecule has 1 aromatic carbocycles. The zero-order valence-electron chi connectivity index (χ0n) is 10.4. The molecule has 0 spiro atoms. The van der Waals surface area contributed by atoms with Gasteiger partial charge in [0.1, 0.15) is 5.01 Å². The Morgan fingerprint density at radius 3 is 3.12 bits per heavy atom. The third-order valence-electron chi connectivity index (χ3n) is 3.60. The summed E-state index contributed by atoms with van der Waals surface area (Å²) in [6.07, 6.45) is 2.61. The molecule has 2 unspecified atom stereocenters. The summed E-state index contributed by atoms with van der Waals surface area (Å²) in [7, 11) is 0. The van der Waals surface area contributed by atoms with E-state index in [1.165, 1.54) is 28.1 Å². The van der Waals surface area contributed by atoms with Crippen molar-refractivity contribution >= 4 is 21.6 Å². The average Bonchev–Trinajstić information content (AvgIpc) is 2.72. The van der Waals surface area contributed by atoms with Gasteiger partial charge in [-0.2, -0.15) is 0 Å². The van der Waals surface area contributed by atoms with Crippen molar-refractivity contribution in [1.29, 1.82) is 0 Å². The van der Waals surface area contributed by atoms with Crippen LogP contribution in [0.3, 0.4) is 0 Å². The first kappa shape index (κ1) is 11.2. The zero-order chi connectivity index (χ0) is 11.8. The summed E-state index contributed by atoms with van der Waals surface area (Å²) in [5.74, 6) is 0.699. The molecule has 2 atom stereocenters. The maximum atomic E-state index is 4.78. The molecule has 1 aromatic heterocycles. The number of benzene rings is 1. The number of fused-ring (bicyclic) bond motifs is 1. The van der Waals surface area contributed by atoms with Gasteiger partial charge in [-0.05, 0) is 49.9 Å². The molecule has 0 bridgehead atoms. The number of hydrogen-bond donors (Lipinski definition) is 1. The summed E-state index contributed by atoms with van der Waals surface area (Å²) < 4.78 is 1.32. The smallest absolute Gasteiger partial charge is 0.111 e. The van der Waals surface area contributed by atoms with Gasteiger partial charge in [-0.1, -0.05) is 13.0 Å². The Labute approximate surface area is 106 Å². The standard InChI is InChI=1S/C14H18N2S/c1-9-5-6-11-12(8-9)17-14(16-11)13-10(2)4-3-7-15-13/h5-6,8,10,13,15H,3-4,7H2,1-2H3. The van der Waals surface area contributed by atoms with Crippen LogP contribution in [0.4, 0.5) is 0 Å². The predicted octanol–water partition coefficient (Wildman–Crippen LogP) is 3.67. The lowest BCUT2D eigenvalue weighted by atomic mass is 9.93. The summed E-state index contributed by atoms with van der Waals surface area (Å²) in [6.45, 7) is 5.60. The molecule has 1 aliphatic rings. The number of piperidine rings is 1. The van der Waals surface area contributed by atoms with Crippen molar-refractivity contribution in [3.8, 4) is 0 Å². The lowest BCUT2D eigenvalue weighted by Gasteiger charge is -2.28. The van der Waals surface area contributed by atoms with Gasteiger partial charge >= 0.3 is 0 Å². The molecule has 90 valence electrons. The van der Waals surface area contributed by atoms with Crippen molar-refractivity contribution in [3.05, 3.63) is 28.8 Å². The second-order valence-electron chi connectivity index (χ2n) is 5.07. The van der Waals surface area contributed by atoms with E-state index in [1.54, 1.807) is 0 Å². The molecule has 1 aliphatic heterocycles. The number of nitrogens with one attached hydrogen (secondary N) is 1. The second kappa shape index (κ2) is 4.39. The third kappa shape index (κ3) is 2.09. The maximum absolute atomic E-state index is 4.78. The molecule has 1 fully saturated rings. The topological polar surface area (TPSA) is 24.9 Å². The zero-order valence-corrected chi connectivity index (χ0v) is 11.2. The van der Waals surface area contributed by atoms with Crippen LogP contribution >= 0.6 is 11.3 Å².